The second-order valence-corrected chi connectivity index (χ2v) is 8.87. The van der Waals surface area contributed by atoms with Crippen molar-refractivity contribution in [3.8, 4) is 23.0 Å². The zero-order valence-electron chi connectivity index (χ0n) is 20.7. The molecule has 0 radical (unpaired) electrons. The molecule has 1 aliphatic carbocycles. The standard InChI is InChI=1S/C27H26Cl2O9/c1-3-35-21-11-15(9-19(28)26(21)37-13-23(30)31)7-17-5-6-18(25(17)34)8-16-10-20(29)27(38-14-24(32)33)22(12-16)36-4-2/h7-12H,3-6,13-14H2,1-2H3,(H,30,31)(H,32,33). The third-order valence-electron chi connectivity index (χ3n) is 5.27. The first-order valence-corrected chi connectivity index (χ1v) is 12.5. The van der Waals surface area contributed by atoms with Crippen molar-refractivity contribution in [2.75, 3.05) is 26.4 Å². The molecule has 1 saturated carbocycles. The monoisotopic (exact) mass is 564 g/mol. The highest BCUT2D eigenvalue weighted by atomic mass is 35.5. The quantitative estimate of drug-likeness (QED) is 0.319. The summed E-state index contributed by atoms with van der Waals surface area (Å²) < 4.78 is 21.7. The summed E-state index contributed by atoms with van der Waals surface area (Å²) in [6, 6.07) is 6.43. The Bertz CT molecular complexity index is 1200. The van der Waals surface area contributed by atoms with Gasteiger partial charge in [0.1, 0.15) is 0 Å². The van der Waals surface area contributed by atoms with Gasteiger partial charge in [-0.2, -0.15) is 0 Å². The summed E-state index contributed by atoms with van der Waals surface area (Å²) >= 11 is 12.7. The molecular weight excluding hydrogens is 539 g/mol. The predicted octanol–water partition coefficient (Wildman–Crippen LogP) is 5.55. The number of ether oxygens (including phenoxy) is 4. The Hall–Kier alpha value is -3.69. The molecule has 0 aliphatic heterocycles. The lowest BCUT2D eigenvalue weighted by molar-refractivity contribution is -0.140. The van der Waals surface area contributed by atoms with Crippen molar-refractivity contribution in [1.29, 1.82) is 0 Å². The Morgan fingerprint density at radius 1 is 0.763 bits per heavy atom. The zero-order chi connectivity index (χ0) is 27.8. The summed E-state index contributed by atoms with van der Waals surface area (Å²) in [6.45, 7) is 3.00. The van der Waals surface area contributed by atoms with Gasteiger partial charge >= 0.3 is 11.9 Å². The average molecular weight is 565 g/mol. The van der Waals surface area contributed by atoms with Crippen molar-refractivity contribution in [3.63, 3.8) is 0 Å². The number of halogens is 2. The topological polar surface area (TPSA) is 129 Å². The smallest absolute Gasteiger partial charge is 0.341 e. The summed E-state index contributed by atoms with van der Waals surface area (Å²) in [5.41, 5.74) is 2.33. The van der Waals surface area contributed by atoms with E-state index < -0.39 is 25.2 Å². The van der Waals surface area contributed by atoms with Crippen molar-refractivity contribution in [3.05, 3.63) is 56.6 Å². The van der Waals surface area contributed by atoms with Crippen LogP contribution in [0.25, 0.3) is 12.2 Å². The first kappa shape index (κ1) is 28.9. The van der Waals surface area contributed by atoms with Crippen LogP contribution in [0, 0.1) is 0 Å². The number of Topliss-reactive ketones (excluding diaryl/α,β-unsaturated/α-hetero) is 1. The minimum absolute atomic E-state index is 0.120. The van der Waals surface area contributed by atoms with Gasteiger partial charge in [-0.3, -0.25) is 4.79 Å². The van der Waals surface area contributed by atoms with Crippen LogP contribution in [0.2, 0.25) is 10.0 Å². The SMILES string of the molecule is CCOc1cc(C=C2CCC(=Cc3cc(Cl)c(OCC(=O)O)c(OCC)c3)C2=O)cc(Cl)c1OCC(=O)O. The van der Waals surface area contributed by atoms with Crippen molar-refractivity contribution in [2.45, 2.75) is 26.7 Å². The molecule has 1 fully saturated rings. The number of carboxylic acids is 2. The number of hydrogen-bond acceptors (Lipinski definition) is 7. The van der Waals surface area contributed by atoms with Crippen LogP contribution in [-0.2, 0) is 14.4 Å². The predicted molar refractivity (Wildman–Crippen MR) is 142 cm³/mol. The van der Waals surface area contributed by atoms with Gasteiger partial charge in [0.05, 0.1) is 23.3 Å². The minimum atomic E-state index is -1.15. The maximum Gasteiger partial charge on any atom is 0.341 e. The molecule has 2 N–H and O–H groups in total. The van der Waals surface area contributed by atoms with Crippen molar-refractivity contribution in [2.24, 2.45) is 0 Å². The van der Waals surface area contributed by atoms with E-state index in [1.807, 2.05) is 0 Å². The third-order valence-corrected chi connectivity index (χ3v) is 5.83. The lowest BCUT2D eigenvalue weighted by Gasteiger charge is -2.13. The summed E-state index contributed by atoms with van der Waals surface area (Å²) in [4.78, 5) is 34.9. The van der Waals surface area contributed by atoms with Gasteiger partial charge in [-0.25, -0.2) is 9.59 Å². The lowest BCUT2D eigenvalue weighted by atomic mass is 10.1. The van der Waals surface area contributed by atoms with Gasteiger partial charge < -0.3 is 29.2 Å². The van der Waals surface area contributed by atoms with E-state index in [4.69, 9.17) is 52.4 Å². The zero-order valence-corrected chi connectivity index (χ0v) is 22.2. The molecule has 0 unspecified atom stereocenters. The molecular formula is C27H26Cl2O9. The largest absolute Gasteiger partial charge is 0.490 e. The highest BCUT2D eigenvalue weighted by Crippen LogP contribution is 2.40. The van der Waals surface area contributed by atoms with E-state index in [2.05, 4.69) is 0 Å². The summed E-state index contributed by atoms with van der Waals surface area (Å²) in [5.74, 6) is -1.66. The average Bonchev–Trinajstić information content (AvgIpc) is 3.16. The first-order valence-electron chi connectivity index (χ1n) is 11.7. The number of carbonyl (C=O) groups excluding carboxylic acids is 1. The fourth-order valence-electron chi connectivity index (χ4n) is 3.80. The summed E-state index contributed by atoms with van der Waals surface area (Å²) in [6.07, 6.45) is 4.41. The first-order chi connectivity index (χ1) is 18.1. The number of rotatable bonds is 12. The molecule has 9 nitrogen and oxygen atoms in total. The Morgan fingerprint density at radius 3 is 1.50 bits per heavy atom. The Morgan fingerprint density at radius 2 is 1.16 bits per heavy atom. The molecule has 0 heterocycles. The molecule has 2 aromatic rings. The van der Waals surface area contributed by atoms with Gasteiger partial charge in [-0.05, 0) is 74.2 Å². The van der Waals surface area contributed by atoms with Gasteiger partial charge in [-0.15, -0.1) is 0 Å². The summed E-state index contributed by atoms with van der Waals surface area (Å²) in [5, 5.41) is 18.1. The number of carboxylic acid groups (broad SMARTS) is 2. The van der Waals surface area contributed by atoms with Crippen LogP contribution in [0.3, 0.4) is 0 Å². The van der Waals surface area contributed by atoms with E-state index in [-0.39, 0.29) is 38.8 Å². The number of aliphatic carboxylic acids is 2. The van der Waals surface area contributed by atoms with Crippen LogP contribution >= 0.6 is 23.2 Å². The van der Waals surface area contributed by atoms with Crippen molar-refractivity contribution < 1.29 is 43.5 Å². The fourth-order valence-corrected chi connectivity index (χ4v) is 4.34. The maximum absolute atomic E-state index is 13.1. The van der Waals surface area contributed by atoms with E-state index in [9.17, 15) is 14.4 Å². The number of ketones is 1. The molecule has 202 valence electrons. The summed E-state index contributed by atoms with van der Waals surface area (Å²) in [7, 11) is 0. The second-order valence-electron chi connectivity index (χ2n) is 8.06. The van der Waals surface area contributed by atoms with Gasteiger partial charge in [0, 0.05) is 11.1 Å². The van der Waals surface area contributed by atoms with Crippen molar-refractivity contribution in [1.82, 2.24) is 0 Å². The number of benzene rings is 2. The normalized spacial score (nSPS) is 15.1. The molecule has 0 aromatic heterocycles. The van der Waals surface area contributed by atoms with Gasteiger partial charge in [0.15, 0.2) is 42.0 Å². The van der Waals surface area contributed by atoms with Gasteiger partial charge in [0.25, 0.3) is 0 Å². The number of carbonyl (C=O) groups is 3. The van der Waals surface area contributed by atoms with E-state index in [1.165, 1.54) is 0 Å². The molecule has 1 aliphatic rings. The lowest BCUT2D eigenvalue weighted by Crippen LogP contribution is -2.10. The molecule has 2 aromatic carbocycles. The molecule has 11 heteroatoms. The van der Waals surface area contributed by atoms with Crippen molar-refractivity contribution >= 4 is 53.1 Å². The van der Waals surface area contributed by atoms with E-state index in [0.29, 0.717) is 48.3 Å². The van der Waals surface area contributed by atoms with Crippen LogP contribution < -0.4 is 18.9 Å². The fraction of sp³-hybridized carbons (Fsp3) is 0.296. The molecule has 0 bridgehead atoms. The van der Waals surface area contributed by atoms with Crippen LogP contribution in [0.4, 0.5) is 0 Å². The maximum atomic E-state index is 13.1. The molecule has 0 atom stereocenters. The highest BCUT2D eigenvalue weighted by Gasteiger charge is 2.24. The number of hydrogen-bond donors (Lipinski definition) is 2. The van der Waals surface area contributed by atoms with Crippen LogP contribution in [0.15, 0.2) is 35.4 Å². The highest BCUT2D eigenvalue weighted by molar-refractivity contribution is 6.33. The van der Waals surface area contributed by atoms with E-state index in [1.54, 1.807) is 50.3 Å². The molecule has 0 spiro atoms. The molecule has 0 amide bonds. The Kier molecular flexibility index (Phi) is 10.0. The van der Waals surface area contributed by atoms with Crippen LogP contribution in [0.5, 0.6) is 23.0 Å². The third kappa shape index (κ3) is 7.43. The van der Waals surface area contributed by atoms with E-state index >= 15 is 0 Å². The van der Waals surface area contributed by atoms with E-state index in [0.717, 1.165) is 0 Å². The minimum Gasteiger partial charge on any atom is -0.490 e. The van der Waals surface area contributed by atoms with Crippen LogP contribution in [-0.4, -0.2) is 54.4 Å². The van der Waals surface area contributed by atoms with Gasteiger partial charge in [-0.1, -0.05) is 23.2 Å². The number of allylic oxidation sites excluding steroid dienone is 2. The Balaban J connectivity index is 1.88. The van der Waals surface area contributed by atoms with Gasteiger partial charge in [0.2, 0.25) is 0 Å². The molecule has 3 rings (SSSR count). The Labute approximate surface area is 229 Å². The van der Waals surface area contributed by atoms with Crippen LogP contribution in [0.1, 0.15) is 37.8 Å². The molecule has 38 heavy (non-hydrogen) atoms. The second kappa shape index (κ2) is 13.2. The molecule has 0 saturated heterocycles.